The minimum atomic E-state index is 0.477. The van der Waals surface area contributed by atoms with Gasteiger partial charge in [-0.25, -0.2) is 4.98 Å². The number of hydrogen-bond donors (Lipinski definition) is 1. The Bertz CT molecular complexity index is 406. The summed E-state index contributed by atoms with van der Waals surface area (Å²) in [5.74, 6) is 0. The van der Waals surface area contributed by atoms with E-state index >= 15 is 0 Å². The zero-order valence-corrected chi connectivity index (χ0v) is 8.56. The van der Waals surface area contributed by atoms with Gasteiger partial charge in [-0.1, -0.05) is 0 Å². The fourth-order valence-electron chi connectivity index (χ4n) is 1.28. The van der Waals surface area contributed by atoms with Crippen LogP contribution in [0.1, 0.15) is 13.8 Å². The lowest BCUT2D eigenvalue weighted by atomic mass is 10.2. The number of anilines is 1. The zero-order chi connectivity index (χ0) is 9.26. The largest absolute Gasteiger partial charge is 0.383 e. The first-order chi connectivity index (χ1) is 6.25. The van der Waals surface area contributed by atoms with Gasteiger partial charge in [-0.2, -0.15) is 0 Å². The molecule has 0 fully saturated rings. The van der Waals surface area contributed by atoms with Gasteiger partial charge >= 0.3 is 0 Å². The van der Waals surface area contributed by atoms with Gasteiger partial charge in [0.2, 0.25) is 0 Å². The summed E-state index contributed by atoms with van der Waals surface area (Å²) in [6, 6.07) is 6.75. The van der Waals surface area contributed by atoms with E-state index in [0.717, 1.165) is 5.52 Å². The van der Waals surface area contributed by atoms with Crippen molar-refractivity contribution in [1.82, 2.24) is 4.98 Å². The summed E-state index contributed by atoms with van der Waals surface area (Å²) in [6.07, 6.45) is 0. The topological polar surface area (TPSA) is 24.9 Å². The Hall–Kier alpha value is -1.09. The molecule has 0 atom stereocenters. The number of rotatable bonds is 2. The second kappa shape index (κ2) is 3.34. The molecule has 2 nitrogen and oxygen atoms in total. The van der Waals surface area contributed by atoms with E-state index in [-0.39, 0.29) is 0 Å². The number of fused-ring (bicyclic) bond motifs is 1. The van der Waals surface area contributed by atoms with Crippen molar-refractivity contribution in [2.45, 2.75) is 19.9 Å². The predicted octanol–water partition coefficient (Wildman–Crippen LogP) is 3.12. The predicted molar refractivity (Wildman–Crippen MR) is 58.4 cm³/mol. The van der Waals surface area contributed by atoms with E-state index in [1.165, 1.54) is 10.4 Å². The third-order valence-electron chi connectivity index (χ3n) is 1.79. The molecule has 2 rings (SSSR count). The highest BCUT2D eigenvalue weighted by Crippen LogP contribution is 2.21. The average Bonchev–Trinajstić information content (AvgIpc) is 2.49. The van der Waals surface area contributed by atoms with Crippen LogP contribution < -0.4 is 5.32 Å². The minimum Gasteiger partial charge on any atom is -0.383 e. The average molecular weight is 192 g/mol. The van der Waals surface area contributed by atoms with Gasteiger partial charge < -0.3 is 5.32 Å². The molecule has 1 aromatic carbocycles. The van der Waals surface area contributed by atoms with Crippen molar-refractivity contribution in [3.05, 3.63) is 23.7 Å². The Morgan fingerprint density at radius 2 is 2.23 bits per heavy atom. The summed E-state index contributed by atoms with van der Waals surface area (Å²) in [5.41, 5.74) is 4.13. The van der Waals surface area contributed by atoms with E-state index in [2.05, 4.69) is 42.3 Å². The highest BCUT2D eigenvalue weighted by molar-refractivity contribution is 7.16. The van der Waals surface area contributed by atoms with Crippen molar-refractivity contribution in [2.75, 3.05) is 5.32 Å². The first-order valence-corrected chi connectivity index (χ1v) is 5.23. The molecule has 0 radical (unpaired) electrons. The van der Waals surface area contributed by atoms with E-state index in [4.69, 9.17) is 0 Å². The molecule has 2 aromatic rings. The van der Waals surface area contributed by atoms with Gasteiger partial charge in [0.25, 0.3) is 0 Å². The number of nitrogens with zero attached hydrogens (tertiary/aromatic N) is 1. The molecular formula is C10H12N2S. The van der Waals surface area contributed by atoms with Crippen molar-refractivity contribution < 1.29 is 0 Å². The second-order valence-electron chi connectivity index (χ2n) is 3.33. The normalized spacial score (nSPS) is 11.0. The molecule has 13 heavy (non-hydrogen) atoms. The lowest BCUT2D eigenvalue weighted by Crippen LogP contribution is -2.09. The Labute approximate surface area is 81.6 Å². The van der Waals surface area contributed by atoms with Gasteiger partial charge in [0.15, 0.2) is 0 Å². The van der Waals surface area contributed by atoms with E-state index in [9.17, 15) is 0 Å². The van der Waals surface area contributed by atoms with Gasteiger partial charge in [-0.15, -0.1) is 11.3 Å². The van der Waals surface area contributed by atoms with Crippen molar-refractivity contribution in [3.8, 4) is 0 Å². The van der Waals surface area contributed by atoms with Crippen LogP contribution >= 0.6 is 11.3 Å². The second-order valence-corrected chi connectivity index (χ2v) is 4.22. The van der Waals surface area contributed by atoms with Crippen LogP contribution in [-0.2, 0) is 0 Å². The van der Waals surface area contributed by atoms with Crippen LogP contribution in [0.2, 0.25) is 0 Å². The maximum Gasteiger partial charge on any atom is 0.0813 e. The van der Waals surface area contributed by atoms with Crippen molar-refractivity contribution in [3.63, 3.8) is 0 Å². The fourth-order valence-corrected chi connectivity index (χ4v) is 1.99. The third kappa shape index (κ3) is 1.80. The SMILES string of the molecule is CC(C)Nc1ccc2ncsc2c1. The Morgan fingerprint density at radius 1 is 1.38 bits per heavy atom. The summed E-state index contributed by atoms with van der Waals surface area (Å²) in [5, 5.41) is 3.37. The van der Waals surface area contributed by atoms with Crippen LogP contribution in [-0.4, -0.2) is 11.0 Å². The molecule has 68 valence electrons. The minimum absolute atomic E-state index is 0.477. The van der Waals surface area contributed by atoms with Crippen molar-refractivity contribution >= 4 is 27.2 Å². The van der Waals surface area contributed by atoms with Gasteiger partial charge in [0.05, 0.1) is 15.7 Å². The third-order valence-corrected chi connectivity index (χ3v) is 2.58. The zero-order valence-electron chi connectivity index (χ0n) is 7.74. The molecule has 0 aliphatic heterocycles. The summed E-state index contributed by atoms with van der Waals surface area (Å²) in [7, 11) is 0. The number of nitrogens with one attached hydrogen (secondary N) is 1. The lowest BCUT2D eigenvalue weighted by Gasteiger charge is -2.08. The molecule has 1 N–H and O–H groups in total. The number of thiazole rings is 1. The van der Waals surface area contributed by atoms with Crippen LogP contribution in [0.3, 0.4) is 0 Å². The molecular weight excluding hydrogens is 180 g/mol. The van der Waals surface area contributed by atoms with Crippen LogP contribution in [0.25, 0.3) is 10.2 Å². The highest BCUT2D eigenvalue weighted by atomic mass is 32.1. The van der Waals surface area contributed by atoms with Crippen molar-refractivity contribution in [2.24, 2.45) is 0 Å². The molecule has 0 saturated heterocycles. The van der Waals surface area contributed by atoms with E-state index in [0.29, 0.717) is 6.04 Å². The van der Waals surface area contributed by atoms with Gasteiger partial charge in [0.1, 0.15) is 0 Å². The molecule has 0 aliphatic rings. The summed E-state index contributed by atoms with van der Waals surface area (Å²) >= 11 is 1.68. The molecule has 1 aromatic heterocycles. The van der Waals surface area contributed by atoms with E-state index in [1.54, 1.807) is 11.3 Å². The Kier molecular flexibility index (Phi) is 2.19. The number of aromatic nitrogens is 1. The Balaban J connectivity index is 2.37. The van der Waals surface area contributed by atoms with E-state index in [1.807, 2.05) is 5.51 Å². The van der Waals surface area contributed by atoms with E-state index < -0.39 is 0 Å². The first kappa shape index (κ1) is 8.51. The number of hydrogen-bond acceptors (Lipinski definition) is 3. The monoisotopic (exact) mass is 192 g/mol. The van der Waals surface area contributed by atoms with Gasteiger partial charge in [0, 0.05) is 11.7 Å². The summed E-state index contributed by atoms with van der Waals surface area (Å²) in [6.45, 7) is 4.27. The maximum atomic E-state index is 4.23. The van der Waals surface area contributed by atoms with Gasteiger partial charge in [-0.3, -0.25) is 0 Å². The Morgan fingerprint density at radius 3 is 3.00 bits per heavy atom. The van der Waals surface area contributed by atoms with Crippen LogP contribution in [0.15, 0.2) is 23.7 Å². The molecule has 0 amide bonds. The standard InChI is InChI=1S/C10H12N2S/c1-7(2)12-8-3-4-9-10(5-8)13-6-11-9/h3-7,12H,1-2H3. The maximum absolute atomic E-state index is 4.23. The molecule has 3 heteroatoms. The molecule has 1 heterocycles. The molecule has 0 aliphatic carbocycles. The highest BCUT2D eigenvalue weighted by Gasteiger charge is 1.99. The summed E-state index contributed by atoms with van der Waals surface area (Å²) < 4.78 is 1.24. The molecule has 0 unspecified atom stereocenters. The molecule has 0 saturated carbocycles. The van der Waals surface area contributed by atoms with Gasteiger partial charge in [-0.05, 0) is 32.0 Å². The number of benzene rings is 1. The quantitative estimate of drug-likeness (QED) is 0.790. The van der Waals surface area contributed by atoms with Crippen LogP contribution in [0.5, 0.6) is 0 Å². The molecule has 0 spiro atoms. The van der Waals surface area contributed by atoms with Crippen LogP contribution in [0.4, 0.5) is 5.69 Å². The molecule has 0 bridgehead atoms. The van der Waals surface area contributed by atoms with Crippen molar-refractivity contribution in [1.29, 1.82) is 0 Å². The smallest absolute Gasteiger partial charge is 0.0813 e. The fraction of sp³-hybridized carbons (Fsp3) is 0.300. The first-order valence-electron chi connectivity index (χ1n) is 4.35. The lowest BCUT2D eigenvalue weighted by molar-refractivity contribution is 0.900. The van der Waals surface area contributed by atoms with Crippen LogP contribution in [0, 0.1) is 0 Å². The summed E-state index contributed by atoms with van der Waals surface area (Å²) in [4.78, 5) is 4.23.